The van der Waals surface area contributed by atoms with E-state index in [0.29, 0.717) is 5.92 Å². The third kappa shape index (κ3) is 3.55. The lowest BCUT2D eigenvalue weighted by Gasteiger charge is -2.27. The molecule has 0 saturated carbocycles. The molecule has 4 nitrogen and oxygen atoms in total. The van der Waals surface area contributed by atoms with Gasteiger partial charge in [-0.15, -0.1) is 0 Å². The van der Waals surface area contributed by atoms with Crippen molar-refractivity contribution in [3.63, 3.8) is 0 Å². The van der Waals surface area contributed by atoms with Gasteiger partial charge in [-0.05, 0) is 43.1 Å². The second kappa shape index (κ2) is 6.93. The van der Waals surface area contributed by atoms with E-state index in [4.69, 9.17) is 5.26 Å². The molecule has 1 aromatic carbocycles. The van der Waals surface area contributed by atoms with Crippen molar-refractivity contribution >= 4 is 5.69 Å². The smallest absolute Gasteiger partial charge is 0.0991 e. The first-order valence-electron chi connectivity index (χ1n) is 8.08. The number of nitriles is 1. The minimum Gasteiger partial charge on any atom is -0.384 e. The Morgan fingerprint density at radius 1 is 1.24 bits per heavy atom. The van der Waals surface area contributed by atoms with Crippen LogP contribution in [-0.4, -0.2) is 44.2 Å². The number of nitrogens with one attached hydrogen (secondary N) is 2. The fourth-order valence-corrected chi connectivity index (χ4v) is 3.39. The van der Waals surface area contributed by atoms with Gasteiger partial charge in [0.15, 0.2) is 0 Å². The SMILES string of the molecule is N#Cc1ccc2c(c1)C(CCCCN1CCNCC1)CN2. The number of fused-ring (bicyclic) bond motifs is 1. The van der Waals surface area contributed by atoms with Crippen molar-refractivity contribution < 1.29 is 0 Å². The zero-order chi connectivity index (χ0) is 14.5. The summed E-state index contributed by atoms with van der Waals surface area (Å²) in [5.41, 5.74) is 3.35. The van der Waals surface area contributed by atoms with Gasteiger partial charge in [0.2, 0.25) is 0 Å². The van der Waals surface area contributed by atoms with E-state index < -0.39 is 0 Å². The molecule has 0 spiro atoms. The van der Waals surface area contributed by atoms with E-state index in [0.717, 1.165) is 25.2 Å². The van der Waals surface area contributed by atoms with Crippen LogP contribution in [0.15, 0.2) is 18.2 Å². The largest absolute Gasteiger partial charge is 0.384 e. The van der Waals surface area contributed by atoms with Gasteiger partial charge in [-0.3, -0.25) is 0 Å². The van der Waals surface area contributed by atoms with Crippen LogP contribution >= 0.6 is 0 Å². The Hall–Kier alpha value is -1.57. The normalized spacial score (nSPS) is 21.6. The van der Waals surface area contributed by atoms with Crippen LogP contribution in [-0.2, 0) is 0 Å². The van der Waals surface area contributed by atoms with Crippen molar-refractivity contribution in [1.82, 2.24) is 10.2 Å². The standard InChI is InChI=1S/C17H24N4/c18-12-14-4-5-17-16(11-14)15(13-20-17)3-1-2-8-21-9-6-19-7-10-21/h4-5,11,15,19-20H,1-3,6-10,13H2. The first-order valence-corrected chi connectivity index (χ1v) is 8.08. The molecule has 1 fully saturated rings. The number of hydrogen-bond donors (Lipinski definition) is 2. The van der Waals surface area contributed by atoms with Gasteiger partial charge in [0.25, 0.3) is 0 Å². The number of hydrogen-bond acceptors (Lipinski definition) is 4. The van der Waals surface area contributed by atoms with Gasteiger partial charge in [-0.2, -0.15) is 5.26 Å². The van der Waals surface area contributed by atoms with Crippen molar-refractivity contribution in [3.05, 3.63) is 29.3 Å². The molecule has 1 atom stereocenters. The Morgan fingerprint density at radius 2 is 2.10 bits per heavy atom. The Morgan fingerprint density at radius 3 is 2.90 bits per heavy atom. The first kappa shape index (κ1) is 14.4. The second-order valence-corrected chi connectivity index (χ2v) is 6.08. The quantitative estimate of drug-likeness (QED) is 0.814. The van der Waals surface area contributed by atoms with E-state index in [9.17, 15) is 0 Å². The van der Waals surface area contributed by atoms with Gasteiger partial charge in [0.1, 0.15) is 0 Å². The average molecular weight is 284 g/mol. The van der Waals surface area contributed by atoms with Crippen LogP contribution < -0.4 is 10.6 Å². The molecule has 2 N–H and O–H groups in total. The van der Waals surface area contributed by atoms with Crippen molar-refractivity contribution in [2.45, 2.75) is 25.2 Å². The zero-order valence-electron chi connectivity index (χ0n) is 12.6. The Kier molecular flexibility index (Phi) is 4.74. The van der Waals surface area contributed by atoms with Gasteiger partial charge in [0.05, 0.1) is 11.6 Å². The van der Waals surface area contributed by atoms with Gasteiger partial charge in [0, 0.05) is 44.3 Å². The van der Waals surface area contributed by atoms with Crippen LogP contribution in [0.3, 0.4) is 0 Å². The van der Waals surface area contributed by atoms with Crippen LogP contribution in [0.1, 0.15) is 36.3 Å². The van der Waals surface area contributed by atoms with Crippen LogP contribution in [0.5, 0.6) is 0 Å². The predicted molar refractivity (Wildman–Crippen MR) is 85.5 cm³/mol. The van der Waals surface area contributed by atoms with Gasteiger partial charge < -0.3 is 15.5 Å². The molecule has 0 aromatic heterocycles. The molecular weight excluding hydrogens is 260 g/mol. The van der Waals surface area contributed by atoms with Crippen LogP contribution in [0.2, 0.25) is 0 Å². The van der Waals surface area contributed by atoms with Crippen molar-refractivity contribution in [3.8, 4) is 6.07 Å². The highest BCUT2D eigenvalue weighted by Gasteiger charge is 2.22. The lowest BCUT2D eigenvalue weighted by atomic mass is 9.94. The third-order valence-electron chi connectivity index (χ3n) is 4.65. The molecule has 1 saturated heterocycles. The molecule has 1 unspecified atom stereocenters. The Labute approximate surface area is 127 Å². The second-order valence-electron chi connectivity index (χ2n) is 6.08. The molecule has 3 rings (SSSR count). The van der Waals surface area contributed by atoms with Gasteiger partial charge >= 0.3 is 0 Å². The van der Waals surface area contributed by atoms with Gasteiger partial charge in [-0.25, -0.2) is 0 Å². The highest BCUT2D eigenvalue weighted by Crippen LogP contribution is 2.35. The van der Waals surface area contributed by atoms with E-state index in [1.807, 2.05) is 6.07 Å². The number of nitrogens with zero attached hydrogens (tertiary/aromatic N) is 2. The van der Waals surface area contributed by atoms with E-state index in [2.05, 4.69) is 33.7 Å². The molecule has 4 heteroatoms. The van der Waals surface area contributed by atoms with Crippen LogP contribution in [0.25, 0.3) is 0 Å². The molecule has 1 aromatic rings. The van der Waals surface area contributed by atoms with E-state index in [1.165, 1.54) is 50.1 Å². The summed E-state index contributed by atoms with van der Waals surface area (Å²) in [7, 11) is 0. The number of anilines is 1. The summed E-state index contributed by atoms with van der Waals surface area (Å²) >= 11 is 0. The average Bonchev–Trinajstić information content (AvgIpc) is 2.95. The summed E-state index contributed by atoms with van der Waals surface area (Å²) in [4.78, 5) is 2.56. The van der Waals surface area contributed by atoms with Crippen LogP contribution in [0.4, 0.5) is 5.69 Å². The summed E-state index contributed by atoms with van der Waals surface area (Å²) in [5.74, 6) is 0.580. The van der Waals surface area contributed by atoms with E-state index >= 15 is 0 Å². The predicted octanol–water partition coefficient (Wildman–Crippen LogP) is 2.14. The highest BCUT2D eigenvalue weighted by molar-refractivity contribution is 5.60. The monoisotopic (exact) mass is 284 g/mol. The molecule has 112 valence electrons. The summed E-state index contributed by atoms with van der Waals surface area (Å²) < 4.78 is 0. The molecular formula is C17H24N4. The molecule has 0 amide bonds. The maximum Gasteiger partial charge on any atom is 0.0991 e. The Balaban J connectivity index is 1.46. The topological polar surface area (TPSA) is 51.1 Å². The summed E-state index contributed by atoms with van der Waals surface area (Å²) in [6.45, 7) is 6.91. The fraction of sp³-hybridized carbons (Fsp3) is 0.588. The number of piperazine rings is 1. The molecule has 2 heterocycles. The third-order valence-corrected chi connectivity index (χ3v) is 4.65. The minimum absolute atomic E-state index is 0.580. The molecule has 0 bridgehead atoms. The lowest BCUT2D eigenvalue weighted by molar-refractivity contribution is 0.235. The number of benzene rings is 1. The fourth-order valence-electron chi connectivity index (χ4n) is 3.39. The van der Waals surface area contributed by atoms with Gasteiger partial charge in [-0.1, -0.05) is 6.42 Å². The number of rotatable bonds is 5. The minimum atomic E-state index is 0.580. The molecule has 0 aliphatic carbocycles. The molecule has 2 aliphatic rings. The zero-order valence-corrected chi connectivity index (χ0v) is 12.6. The van der Waals surface area contributed by atoms with Crippen molar-refractivity contribution in [2.75, 3.05) is 44.6 Å². The van der Waals surface area contributed by atoms with E-state index in [-0.39, 0.29) is 0 Å². The molecule has 2 aliphatic heterocycles. The Bertz CT molecular complexity index is 514. The van der Waals surface area contributed by atoms with Crippen molar-refractivity contribution in [1.29, 1.82) is 5.26 Å². The van der Waals surface area contributed by atoms with Crippen molar-refractivity contribution in [2.24, 2.45) is 0 Å². The maximum absolute atomic E-state index is 9.03. The summed E-state index contributed by atoms with van der Waals surface area (Å²) in [6, 6.07) is 8.26. The lowest BCUT2D eigenvalue weighted by Crippen LogP contribution is -2.43. The summed E-state index contributed by atoms with van der Waals surface area (Å²) in [5, 5.41) is 15.9. The maximum atomic E-state index is 9.03. The molecule has 21 heavy (non-hydrogen) atoms. The highest BCUT2D eigenvalue weighted by atomic mass is 15.2. The summed E-state index contributed by atoms with van der Waals surface area (Å²) in [6.07, 6.45) is 3.78. The number of unbranched alkanes of at least 4 members (excludes halogenated alkanes) is 1. The van der Waals surface area contributed by atoms with Crippen LogP contribution in [0, 0.1) is 11.3 Å². The first-order chi connectivity index (χ1) is 10.4. The molecule has 0 radical (unpaired) electrons. The van der Waals surface area contributed by atoms with E-state index in [1.54, 1.807) is 0 Å².